The Bertz CT molecular complexity index is 877. The lowest BCUT2D eigenvalue weighted by Gasteiger charge is -2.45. The highest BCUT2D eigenvalue weighted by molar-refractivity contribution is 5.97. The molecular weight excluding hydrogens is 373 g/mol. The van der Waals surface area contributed by atoms with Gasteiger partial charge in [0.25, 0.3) is 0 Å². The van der Waals surface area contributed by atoms with Crippen molar-refractivity contribution >= 4 is 11.8 Å². The molecule has 2 aliphatic rings. The van der Waals surface area contributed by atoms with Crippen LogP contribution in [0.5, 0.6) is 0 Å². The number of halogens is 1. The van der Waals surface area contributed by atoms with Crippen molar-refractivity contribution in [3.05, 3.63) is 71.5 Å². The number of piperazine rings is 2. The van der Waals surface area contributed by atoms with Crippen molar-refractivity contribution in [2.45, 2.75) is 25.2 Å². The molecule has 0 aliphatic carbocycles. The minimum atomic E-state index is -0.666. The molecule has 0 saturated carbocycles. The standard InChI is InChI=1S/C22H24FN3O3/c23-18-9-5-4-8-17(18)12-25-10-11-26-20(13-25)21(27)24-19(22(26)28)15-29-14-16-6-2-1-3-7-16/h1-9,19-20H,10-15H2,(H,24,27)/t19-,20+/m0/s1. The molecule has 0 radical (unpaired) electrons. The molecule has 2 atom stereocenters. The Kier molecular flexibility index (Phi) is 5.87. The number of hydrogen-bond acceptors (Lipinski definition) is 4. The highest BCUT2D eigenvalue weighted by Crippen LogP contribution is 2.19. The van der Waals surface area contributed by atoms with Gasteiger partial charge in [-0.3, -0.25) is 14.5 Å². The lowest BCUT2D eigenvalue weighted by atomic mass is 10.0. The first-order chi connectivity index (χ1) is 14.1. The maximum atomic E-state index is 13.9. The quantitative estimate of drug-likeness (QED) is 0.804. The van der Waals surface area contributed by atoms with Crippen molar-refractivity contribution in [2.75, 3.05) is 26.2 Å². The van der Waals surface area contributed by atoms with Gasteiger partial charge in [-0.25, -0.2) is 4.39 Å². The Morgan fingerprint density at radius 3 is 2.59 bits per heavy atom. The summed E-state index contributed by atoms with van der Waals surface area (Å²) in [7, 11) is 0. The van der Waals surface area contributed by atoms with E-state index in [0.29, 0.717) is 38.3 Å². The first kappa shape index (κ1) is 19.5. The molecule has 2 aromatic carbocycles. The Morgan fingerprint density at radius 2 is 1.79 bits per heavy atom. The Morgan fingerprint density at radius 1 is 1.03 bits per heavy atom. The van der Waals surface area contributed by atoms with Crippen LogP contribution in [0.25, 0.3) is 0 Å². The third-order valence-corrected chi connectivity index (χ3v) is 5.41. The highest BCUT2D eigenvalue weighted by Gasteiger charge is 2.43. The topological polar surface area (TPSA) is 61.9 Å². The van der Waals surface area contributed by atoms with E-state index in [2.05, 4.69) is 5.32 Å². The summed E-state index contributed by atoms with van der Waals surface area (Å²) < 4.78 is 19.6. The number of nitrogens with zero attached hydrogens (tertiary/aromatic N) is 2. The van der Waals surface area contributed by atoms with E-state index in [-0.39, 0.29) is 24.2 Å². The first-order valence-corrected chi connectivity index (χ1v) is 9.80. The number of amides is 2. The normalized spacial score (nSPS) is 22.3. The molecule has 1 N–H and O–H groups in total. The van der Waals surface area contributed by atoms with Gasteiger partial charge in [0, 0.05) is 31.7 Å². The summed E-state index contributed by atoms with van der Waals surface area (Å²) in [6, 6.07) is 15.1. The van der Waals surface area contributed by atoms with Gasteiger partial charge < -0.3 is 15.0 Å². The summed E-state index contributed by atoms with van der Waals surface area (Å²) in [4.78, 5) is 29.1. The van der Waals surface area contributed by atoms with Crippen molar-refractivity contribution in [3.63, 3.8) is 0 Å². The molecule has 4 rings (SSSR count). The monoisotopic (exact) mass is 397 g/mol. The number of hydrogen-bond donors (Lipinski definition) is 1. The predicted molar refractivity (Wildman–Crippen MR) is 105 cm³/mol. The van der Waals surface area contributed by atoms with Crippen LogP contribution in [-0.4, -0.2) is 59.9 Å². The average molecular weight is 397 g/mol. The van der Waals surface area contributed by atoms with Crippen LogP contribution in [0.4, 0.5) is 4.39 Å². The molecule has 29 heavy (non-hydrogen) atoms. The number of ether oxygens (including phenoxy) is 1. The average Bonchev–Trinajstić information content (AvgIpc) is 2.74. The molecule has 0 aromatic heterocycles. The fourth-order valence-electron chi connectivity index (χ4n) is 3.85. The van der Waals surface area contributed by atoms with Crippen LogP contribution >= 0.6 is 0 Å². The molecule has 7 heteroatoms. The van der Waals surface area contributed by atoms with Crippen LogP contribution in [0.2, 0.25) is 0 Å². The third kappa shape index (κ3) is 4.46. The SMILES string of the molecule is O=C1N[C@@H](COCc2ccccc2)C(=O)N2CCN(Cc3ccccc3F)C[C@H]12. The van der Waals surface area contributed by atoms with Crippen LogP contribution in [0.1, 0.15) is 11.1 Å². The van der Waals surface area contributed by atoms with Gasteiger partial charge in [-0.05, 0) is 11.6 Å². The predicted octanol–water partition coefficient (Wildman–Crippen LogP) is 1.55. The second-order valence-corrected chi connectivity index (χ2v) is 7.44. The second kappa shape index (κ2) is 8.71. The molecular formula is C22H24FN3O3. The lowest BCUT2D eigenvalue weighted by Crippen LogP contribution is -2.69. The summed E-state index contributed by atoms with van der Waals surface area (Å²) in [6.45, 7) is 2.38. The zero-order chi connectivity index (χ0) is 20.2. The van der Waals surface area contributed by atoms with E-state index in [1.165, 1.54) is 6.07 Å². The summed E-state index contributed by atoms with van der Waals surface area (Å²) in [5, 5.41) is 2.79. The number of carbonyl (C=O) groups is 2. The zero-order valence-corrected chi connectivity index (χ0v) is 16.1. The van der Waals surface area contributed by atoms with Crippen molar-refractivity contribution in [1.82, 2.24) is 15.1 Å². The second-order valence-electron chi connectivity index (χ2n) is 7.44. The van der Waals surface area contributed by atoms with E-state index < -0.39 is 12.1 Å². The number of rotatable bonds is 6. The number of nitrogens with one attached hydrogen (secondary N) is 1. The molecule has 152 valence electrons. The Balaban J connectivity index is 1.33. The van der Waals surface area contributed by atoms with Crippen LogP contribution in [-0.2, 0) is 27.5 Å². The Hall–Kier alpha value is -2.77. The van der Waals surface area contributed by atoms with Gasteiger partial charge in [0.1, 0.15) is 17.9 Å². The summed E-state index contributed by atoms with van der Waals surface area (Å²) in [5.41, 5.74) is 1.61. The molecule has 0 unspecified atom stereocenters. The summed E-state index contributed by atoms with van der Waals surface area (Å²) >= 11 is 0. The first-order valence-electron chi connectivity index (χ1n) is 9.80. The van der Waals surface area contributed by atoms with E-state index in [9.17, 15) is 14.0 Å². The number of carbonyl (C=O) groups excluding carboxylic acids is 2. The van der Waals surface area contributed by atoms with Crippen molar-refractivity contribution in [3.8, 4) is 0 Å². The molecule has 2 saturated heterocycles. The maximum Gasteiger partial charge on any atom is 0.248 e. The maximum absolute atomic E-state index is 13.9. The van der Waals surface area contributed by atoms with E-state index >= 15 is 0 Å². The molecule has 0 spiro atoms. The van der Waals surface area contributed by atoms with Gasteiger partial charge >= 0.3 is 0 Å². The smallest absolute Gasteiger partial charge is 0.248 e. The van der Waals surface area contributed by atoms with Crippen molar-refractivity contribution < 1.29 is 18.7 Å². The van der Waals surface area contributed by atoms with E-state index in [1.807, 2.05) is 35.2 Å². The number of benzene rings is 2. The van der Waals surface area contributed by atoms with Crippen molar-refractivity contribution in [1.29, 1.82) is 0 Å². The molecule has 2 heterocycles. The molecule has 6 nitrogen and oxygen atoms in total. The number of fused-ring (bicyclic) bond motifs is 1. The van der Waals surface area contributed by atoms with Gasteiger partial charge in [0.2, 0.25) is 11.8 Å². The fourth-order valence-corrected chi connectivity index (χ4v) is 3.85. The highest BCUT2D eigenvalue weighted by atomic mass is 19.1. The van der Waals surface area contributed by atoms with Crippen LogP contribution in [0.15, 0.2) is 54.6 Å². The zero-order valence-electron chi connectivity index (χ0n) is 16.1. The van der Waals surface area contributed by atoms with Gasteiger partial charge in [-0.2, -0.15) is 0 Å². The van der Waals surface area contributed by atoms with E-state index in [0.717, 1.165) is 5.56 Å². The summed E-state index contributed by atoms with van der Waals surface area (Å²) in [6.07, 6.45) is 0. The molecule has 2 fully saturated rings. The summed E-state index contributed by atoms with van der Waals surface area (Å²) in [5.74, 6) is -0.556. The lowest BCUT2D eigenvalue weighted by molar-refractivity contribution is -0.155. The third-order valence-electron chi connectivity index (χ3n) is 5.41. The largest absolute Gasteiger partial charge is 0.374 e. The van der Waals surface area contributed by atoms with Crippen LogP contribution < -0.4 is 5.32 Å². The van der Waals surface area contributed by atoms with Crippen molar-refractivity contribution in [2.24, 2.45) is 0 Å². The minimum Gasteiger partial charge on any atom is -0.374 e. The Labute approximate surface area is 169 Å². The molecule has 2 aliphatic heterocycles. The molecule has 2 aromatic rings. The fraction of sp³-hybridized carbons (Fsp3) is 0.364. The molecule has 0 bridgehead atoms. The van der Waals surface area contributed by atoms with Gasteiger partial charge in [0.05, 0.1) is 13.2 Å². The van der Waals surface area contributed by atoms with E-state index in [1.54, 1.807) is 23.1 Å². The van der Waals surface area contributed by atoms with Gasteiger partial charge in [0.15, 0.2) is 0 Å². The van der Waals surface area contributed by atoms with Crippen LogP contribution in [0, 0.1) is 5.82 Å². The minimum absolute atomic E-state index is 0.117. The van der Waals surface area contributed by atoms with Gasteiger partial charge in [-0.1, -0.05) is 48.5 Å². The molecule has 2 amide bonds. The van der Waals surface area contributed by atoms with Crippen LogP contribution in [0.3, 0.4) is 0 Å². The van der Waals surface area contributed by atoms with E-state index in [4.69, 9.17) is 4.74 Å². The van der Waals surface area contributed by atoms with Gasteiger partial charge in [-0.15, -0.1) is 0 Å².